The van der Waals surface area contributed by atoms with E-state index in [1.807, 2.05) is 30.3 Å². The molecule has 1 aromatic carbocycles. The second-order valence-electron chi connectivity index (χ2n) is 2.85. The summed E-state index contributed by atoms with van der Waals surface area (Å²) in [7, 11) is 0. The van der Waals surface area contributed by atoms with Crippen molar-refractivity contribution in [1.29, 1.82) is 0 Å². The van der Waals surface area contributed by atoms with Crippen molar-refractivity contribution in [3.63, 3.8) is 0 Å². The first kappa shape index (κ1) is 10.5. The largest absolute Gasteiger partial charge is 0.461 e. The van der Waals surface area contributed by atoms with Crippen LogP contribution in [0.25, 0.3) is 0 Å². The molecule has 0 bridgehead atoms. The number of carbonyl (C=O) groups excluding carboxylic acids is 1. The fourth-order valence-corrected chi connectivity index (χ4v) is 1.03. The summed E-state index contributed by atoms with van der Waals surface area (Å²) in [4.78, 5) is 10.8. The molecule has 1 unspecified atom stereocenters. The van der Waals surface area contributed by atoms with Crippen LogP contribution in [0.4, 0.5) is 0 Å². The number of benzene rings is 1. The highest BCUT2D eigenvalue weighted by Crippen LogP contribution is 2.09. The number of hydrogen-bond acceptors (Lipinski definition) is 3. The molecule has 3 heteroatoms. The topological polar surface area (TPSA) is 52.3 Å². The zero-order valence-electron chi connectivity index (χ0n) is 7.85. The van der Waals surface area contributed by atoms with Gasteiger partial charge in [0, 0.05) is 6.08 Å². The van der Waals surface area contributed by atoms with Crippen LogP contribution in [0.2, 0.25) is 0 Å². The number of carbonyl (C=O) groups is 1. The van der Waals surface area contributed by atoms with Crippen LogP contribution in [0.5, 0.6) is 0 Å². The van der Waals surface area contributed by atoms with Gasteiger partial charge in [-0.3, -0.25) is 0 Å². The molecule has 0 radical (unpaired) electrons. The zero-order chi connectivity index (χ0) is 10.4. The summed E-state index contributed by atoms with van der Waals surface area (Å²) in [6, 6.07) is 9.21. The highest BCUT2D eigenvalue weighted by molar-refractivity contribution is 5.81. The Bertz CT molecular complexity index is 308. The molecule has 0 spiro atoms. The normalized spacial score (nSPS) is 11.8. The maximum atomic E-state index is 10.8. The minimum absolute atomic E-state index is 0.175. The summed E-state index contributed by atoms with van der Waals surface area (Å²) in [5.74, 6) is -0.448. The number of esters is 1. The maximum absolute atomic E-state index is 10.8. The minimum Gasteiger partial charge on any atom is -0.461 e. The predicted octanol–water partition coefficient (Wildman–Crippen LogP) is 1.42. The predicted molar refractivity (Wildman–Crippen MR) is 54.5 cm³/mol. The first-order valence-corrected chi connectivity index (χ1v) is 4.33. The Kier molecular flexibility index (Phi) is 3.88. The minimum atomic E-state index is -0.448. The first-order chi connectivity index (χ1) is 6.74. The number of rotatable bonds is 4. The van der Waals surface area contributed by atoms with E-state index in [4.69, 9.17) is 10.5 Å². The van der Waals surface area contributed by atoms with Crippen LogP contribution in [0.1, 0.15) is 11.6 Å². The molecular formula is C11H13NO2. The average molecular weight is 191 g/mol. The Labute approximate surface area is 83.2 Å². The van der Waals surface area contributed by atoms with Crippen LogP contribution < -0.4 is 5.73 Å². The lowest BCUT2D eigenvalue weighted by Crippen LogP contribution is -2.18. The molecule has 0 aromatic heterocycles. The van der Waals surface area contributed by atoms with Crippen LogP contribution in [0.15, 0.2) is 43.0 Å². The van der Waals surface area contributed by atoms with Gasteiger partial charge in [-0.05, 0) is 5.56 Å². The molecule has 1 atom stereocenters. The summed E-state index contributed by atoms with van der Waals surface area (Å²) in [5, 5.41) is 0. The molecule has 74 valence electrons. The van der Waals surface area contributed by atoms with Crippen molar-refractivity contribution >= 4 is 5.97 Å². The standard InChI is InChI=1S/C11H13NO2/c1-2-11(13)14-8-10(12)9-6-4-3-5-7-9/h2-7,10H,1,8,12H2. The second kappa shape index (κ2) is 5.19. The molecule has 3 nitrogen and oxygen atoms in total. The van der Waals surface area contributed by atoms with Gasteiger partial charge in [0.1, 0.15) is 6.61 Å². The van der Waals surface area contributed by atoms with E-state index in [1.54, 1.807) is 0 Å². The van der Waals surface area contributed by atoms with E-state index in [1.165, 1.54) is 0 Å². The Morgan fingerprint density at radius 1 is 1.50 bits per heavy atom. The summed E-state index contributed by atoms with van der Waals surface area (Å²) in [6.45, 7) is 3.47. The Hall–Kier alpha value is -1.61. The van der Waals surface area contributed by atoms with Gasteiger partial charge in [-0.15, -0.1) is 0 Å². The first-order valence-electron chi connectivity index (χ1n) is 4.33. The molecule has 0 saturated carbocycles. The fourth-order valence-electron chi connectivity index (χ4n) is 1.03. The maximum Gasteiger partial charge on any atom is 0.330 e. The molecule has 14 heavy (non-hydrogen) atoms. The van der Waals surface area contributed by atoms with E-state index in [-0.39, 0.29) is 12.6 Å². The van der Waals surface area contributed by atoms with Crippen molar-refractivity contribution in [3.8, 4) is 0 Å². The Morgan fingerprint density at radius 3 is 2.71 bits per heavy atom. The van der Waals surface area contributed by atoms with E-state index >= 15 is 0 Å². The van der Waals surface area contributed by atoms with Crippen molar-refractivity contribution in [2.45, 2.75) is 6.04 Å². The summed E-state index contributed by atoms with van der Waals surface area (Å²) >= 11 is 0. The fraction of sp³-hybridized carbons (Fsp3) is 0.182. The van der Waals surface area contributed by atoms with Gasteiger partial charge in [-0.25, -0.2) is 4.79 Å². The summed E-state index contributed by atoms with van der Waals surface area (Å²) in [6.07, 6.45) is 1.12. The SMILES string of the molecule is C=CC(=O)OCC(N)c1ccccc1. The molecule has 0 heterocycles. The molecule has 2 N–H and O–H groups in total. The smallest absolute Gasteiger partial charge is 0.330 e. The van der Waals surface area contributed by atoms with Gasteiger partial charge < -0.3 is 10.5 Å². The molecule has 1 rings (SSSR count). The van der Waals surface area contributed by atoms with Crippen LogP contribution in [0, 0.1) is 0 Å². The summed E-state index contributed by atoms with van der Waals surface area (Å²) in [5.41, 5.74) is 6.73. The molecule has 0 amide bonds. The monoisotopic (exact) mass is 191 g/mol. The molecule has 0 aliphatic heterocycles. The molecule has 0 saturated heterocycles. The van der Waals surface area contributed by atoms with Gasteiger partial charge >= 0.3 is 5.97 Å². The molecule has 1 aromatic rings. The number of nitrogens with two attached hydrogens (primary N) is 1. The molecule has 0 fully saturated rings. The van der Waals surface area contributed by atoms with Gasteiger partial charge in [0.25, 0.3) is 0 Å². The number of ether oxygens (including phenoxy) is 1. The third-order valence-electron chi connectivity index (χ3n) is 1.80. The van der Waals surface area contributed by atoms with Crippen molar-refractivity contribution in [3.05, 3.63) is 48.6 Å². The van der Waals surface area contributed by atoms with E-state index < -0.39 is 5.97 Å². The Morgan fingerprint density at radius 2 is 2.14 bits per heavy atom. The van der Waals surface area contributed by atoms with E-state index in [2.05, 4.69) is 6.58 Å². The van der Waals surface area contributed by atoms with Gasteiger partial charge in [0.15, 0.2) is 0 Å². The van der Waals surface area contributed by atoms with E-state index in [0.717, 1.165) is 11.6 Å². The quantitative estimate of drug-likeness (QED) is 0.578. The lowest BCUT2D eigenvalue weighted by molar-refractivity contribution is -0.138. The molecular weight excluding hydrogens is 178 g/mol. The highest BCUT2D eigenvalue weighted by atomic mass is 16.5. The van der Waals surface area contributed by atoms with Crippen molar-refractivity contribution in [2.24, 2.45) is 5.73 Å². The van der Waals surface area contributed by atoms with Crippen LogP contribution in [-0.2, 0) is 9.53 Å². The van der Waals surface area contributed by atoms with Crippen molar-refractivity contribution in [2.75, 3.05) is 6.61 Å². The lowest BCUT2D eigenvalue weighted by Gasteiger charge is -2.11. The van der Waals surface area contributed by atoms with Gasteiger partial charge in [-0.1, -0.05) is 36.9 Å². The third-order valence-corrected chi connectivity index (χ3v) is 1.80. The second-order valence-corrected chi connectivity index (χ2v) is 2.85. The third kappa shape index (κ3) is 3.03. The van der Waals surface area contributed by atoms with Gasteiger partial charge in [0.2, 0.25) is 0 Å². The Balaban J connectivity index is 2.47. The highest BCUT2D eigenvalue weighted by Gasteiger charge is 2.06. The lowest BCUT2D eigenvalue weighted by atomic mass is 10.1. The molecule has 0 aliphatic rings. The summed E-state index contributed by atoms with van der Waals surface area (Å²) < 4.78 is 4.83. The van der Waals surface area contributed by atoms with Crippen molar-refractivity contribution < 1.29 is 9.53 Å². The van der Waals surface area contributed by atoms with E-state index in [9.17, 15) is 4.79 Å². The number of hydrogen-bond donors (Lipinski definition) is 1. The van der Waals surface area contributed by atoms with Crippen LogP contribution >= 0.6 is 0 Å². The molecule has 0 aliphatic carbocycles. The van der Waals surface area contributed by atoms with E-state index in [0.29, 0.717) is 0 Å². The van der Waals surface area contributed by atoms with Gasteiger partial charge in [-0.2, -0.15) is 0 Å². The average Bonchev–Trinajstić information content (AvgIpc) is 2.26. The van der Waals surface area contributed by atoms with Crippen LogP contribution in [-0.4, -0.2) is 12.6 Å². The zero-order valence-corrected chi connectivity index (χ0v) is 7.85. The van der Waals surface area contributed by atoms with Crippen molar-refractivity contribution in [1.82, 2.24) is 0 Å². The van der Waals surface area contributed by atoms with Crippen LogP contribution in [0.3, 0.4) is 0 Å². The van der Waals surface area contributed by atoms with Gasteiger partial charge in [0.05, 0.1) is 6.04 Å².